The van der Waals surface area contributed by atoms with Crippen LogP contribution in [0.3, 0.4) is 0 Å². The minimum Gasteiger partial charge on any atom is -0.464 e. The quantitative estimate of drug-likeness (QED) is 0.291. The molecule has 0 amide bonds. The number of hydrogen-bond donors (Lipinski definition) is 1. The van der Waals surface area contributed by atoms with Gasteiger partial charge in [-0.2, -0.15) is 5.25 Å². The summed E-state index contributed by atoms with van der Waals surface area (Å²) in [5, 5.41) is 4.13. The minimum absolute atomic E-state index is 0.324. The second-order valence-electron chi connectivity index (χ2n) is 3.98. The Bertz CT molecular complexity index is 361. The highest BCUT2D eigenvalue weighted by molar-refractivity contribution is 7.38. The Morgan fingerprint density at radius 2 is 2.05 bits per heavy atom. The zero-order valence-corrected chi connectivity index (χ0v) is 13.7. The molecule has 0 spiro atoms. The molecule has 0 aromatic carbocycles. The maximum absolute atomic E-state index is 11.8. The Balaban J connectivity index is 4.65. The molecule has 0 radical (unpaired) electrons. The first kappa shape index (κ1) is 19.0. The van der Waals surface area contributed by atoms with Crippen molar-refractivity contribution >= 4 is 26.3 Å². The molecule has 20 heavy (non-hydrogen) atoms. The number of carbonyl (C=O) groups excluding carboxylic acids is 1. The summed E-state index contributed by atoms with van der Waals surface area (Å²) in [5.41, 5.74) is 0.705. The normalized spacial score (nSPS) is 13.1. The largest absolute Gasteiger partial charge is 0.464 e. The molecule has 0 aliphatic carbocycles. The van der Waals surface area contributed by atoms with E-state index in [4.69, 9.17) is 9.57 Å². The third-order valence-electron chi connectivity index (χ3n) is 2.70. The van der Waals surface area contributed by atoms with Gasteiger partial charge in [-0.25, -0.2) is 4.79 Å². The SMILES string of the molecule is C=N/C(=C\C)CC(ONP=C(CC)CC)C(=O)OCC. The van der Waals surface area contributed by atoms with Crippen molar-refractivity contribution in [2.24, 2.45) is 4.99 Å². The number of esters is 1. The molecule has 0 saturated heterocycles. The lowest BCUT2D eigenvalue weighted by atomic mass is 10.2. The van der Waals surface area contributed by atoms with Crippen LogP contribution in [-0.4, -0.2) is 30.7 Å². The highest BCUT2D eigenvalue weighted by Gasteiger charge is 2.22. The van der Waals surface area contributed by atoms with Crippen LogP contribution in [0.15, 0.2) is 16.8 Å². The van der Waals surface area contributed by atoms with Gasteiger partial charge in [0.25, 0.3) is 0 Å². The van der Waals surface area contributed by atoms with Crippen molar-refractivity contribution in [1.82, 2.24) is 5.25 Å². The fraction of sp³-hybridized carbons (Fsp3) is 0.643. The monoisotopic (exact) mass is 300 g/mol. The number of aliphatic imine (C=N–C) groups is 1. The van der Waals surface area contributed by atoms with Crippen molar-refractivity contribution in [2.45, 2.75) is 53.1 Å². The number of ether oxygens (including phenoxy) is 1. The average Bonchev–Trinajstić information content (AvgIpc) is 2.47. The molecule has 1 atom stereocenters. The Hall–Kier alpha value is -1.03. The van der Waals surface area contributed by atoms with E-state index in [9.17, 15) is 4.79 Å². The third-order valence-corrected chi connectivity index (χ3v) is 3.84. The molecule has 0 rings (SSSR count). The summed E-state index contributed by atoms with van der Waals surface area (Å²) >= 11 is 0. The maximum Gasteiger partial charge on any atom is 0.337 e. The van der Waals surface area contributed by atoms with Gasteiger partial charge >= 0.3 is 5.97 Å². The minimum atomic E-state index is -0.714. The van der Waals surface area contributed by atoms with E-state index < -0.39 is 12.1 Å². The molecule has 6 heteroatoms. The molecule has 0 bridgehead atoms. The number of nitrogens with one attached hydrogen (secondary N) is 1. The fourth-order valence-corrected chi connectivity index (χ4v) is 2.06. The molecule has 0 aromatic rings. The Labute approximate surface area is 123 Å². The molecule has 0 saturated carbocycles. The van der Waals surface area contributed by atoms with Gasteiger partial charge in [0.2, 0.25) is 0 Å². The lowest BCUT2D eigenvalue weighted by Crippen LogP contribution is -2.30. The van der Waals surface area contributed by atoms with Crippen molar-refractivity contribution in [2.75, 3.05) is 6.61 Å². The summed E-state index contributed by atoms with van der Waals surface area (Å²) in [6, 6.07) is 0. The first-order chi connectivity index (χ1) is 9.62. The van der Waals surface area contributed by atoms with Gasteiger partial charge in [-0.05, 0) is 38.7 Å². The highest BCUT2D eigenvalue weighted by atomic mass is 31.1. The fourth-order valence-electron chi connectivity index (χ4n) is 1.43. The Kier molecular flexibility index (Phi) is 11.2. The first-order valence-corrected chi connectivity index (χ1v) is 7.76. The van der Waals surface area contributed by atoms with Gasteiger partial charge in [-0.1, -0.05) is 19.9 Å². The molecule has 0 aromatic heterocycles. The zero-order chi connectivity index (χ0) is 15.4. The van der Waals surface area contributed by atoms with Crippen molar-refractivity contribution in [3.63, 3.8) is 0 Å². The van der Waals surface area contributed by atoms with Gasteiger partial charge in [0, 0.05) is 20.5 Å². The zero-order valence-electron chi connectivity index (χ0n) is 12.8. The van der Waals surface area contributed by atoms with E-state index in [1.165, 1.54) is 5.29 Å². The van der Waals surface area contributed by atoms with Gasteiger partial charge in [0.15, 0.2) is 6.10 Å². The predicted octanol–water partition coefficient (Wildman–Crippen LogP) is 3.29. The maximum atomic E-state index is 11.8. The molecule has 0 aliphatic heterocycles. The molecule has 0 fully saturated rings. The topological polar surface area (TPSA) is 59.9 Å². The van der Waals surface area contributed by atoms with Crippen LogP contribution in [-0.2, 0) is 14.4 Å². The van der Waals surface area contributed by atoms with E-state index in [1.807, 2.05) is 6.92 Å². The molecule has 1 N–H and O–H groups in total. The Morgan fingerprint density at radius 3 is 2.50 bits per heavy atom. The van der Waals surface area contributed by atoms with Crippen LogP contribution in [0, 0.1) is 0 Å². The third kappa shape index (κ3) is 7.53. The summed E-state index contributed by atoms with van der Waals surface area (Å²) in [5.74, 6) is -0.396. The second kappa shape index (κ2) is 11.8. The molecule has 0 aliphatic rings. The van der Waals surface area contributed by atoms with Crippen molar-refractivity contribution < 1.29 is 14.4 Å². The summed E-state index contributed by atoms with van der Waals surface area (Å²) in [7, 11) is 0.889. The van der Waals surface area contributed by atoms with Crippen LogP contribution < -0.4 is 5.25 Å². The van der Waals surface area contributed by atoms with Crippen LogP contribution in [0.25, 0.3) is 0 Å². The summed E-state index contributed by atoms with van der Waals surface area (Å²) < 4.78 is 5.00. The van der Waals surface area contributed by atoms with Crippen LogP contribution >= 0.6 is 8.35 Å². The van der Waals surface area contributed by atoms with Crippen molar-refractivity contribution in [3.8, 4) is 0 Å². The number of rotatable bonds is 10. The van der Waals surface area contributed by atoms with Crippen LogP contribution in [0.5, 0.6) is 0 Å². The summed E-state index contributed by atoms with van der Waals surface area (Å²) in [6.07, 6.45) is 3.39. The standard InChI is InChI=1S/C14H25N2O3P/c1-6-11(15-5)10-13(14(17)18-9-4)19-16-20-12(7-2)8-3/h6,13,16H,5,7-10H2,1-4H3/b11-6-. The van der Waals surface area contributed by atoms with E-state index >= 15 is 0 Å². The van der Waals surface area contributed by atoms with Crippen molar-refractivity contribution in [3.05, 3.63) is 11.8 Å². The molecular formula is C14H25N2O3P. The molecular weight excluding hydrogens is 275 g/mol. The molecule has 114 valence electrons. The summed E-state index contributed by atoms with van der Waals surface area (Å²) in [6.45, 7) is 11.6. The van der Waals surface area contributed by atoms with Gasteiger partial charge in [-0.15, -0.1) is 0 Å². The Morgan fingerprint density at radius 1 is 1.40 bits per heavy atom. The van der Waals surface area contributed by atoms with E-state index in [2.05, 4.69) is 30.8 Å². The predicted molar refractivity (Wildman–Crippen MR) is 85.1 cm³/mol. The van der Waals surface area contributed by atoms with E-state index in [0.717, 1.165) is 21.2 Å². The number of nitrogens with zero attached hydrogens (tertiary/aromatic N) is 1. The lowest BCUT2D eigenvalue weighted by molar-refractivity contribution is -0.158. The van der Waals surface area contributed by atoms with E-state index in [-0.39, 0.29) is 0 Å². The summed E-state index contributed by atoms with van der Waals surface area (Å²) in [4.78, 5) is 21.1. The second-order valence-corrected chi connectivity index (χ2v) is 5.02. The average molecular weight is 300 g/mol. The number of hydrogen-bond acceptors (Lipinski definition) is 5. The van der Waals surface area contributed by atoms with Gasteiger partial charge in [-0.3, -0.25) is 9.83 Å². The van der Waals surface area contributed by atoms with Crippen LogP contribution in [0.4, 0.5) is 0 Å². The van der Waals surface area contributed by atoms with E-state index in [0.29, 0.717) is 18.7 Å². The van der Waals surface area contributed by atoms with E-state index in [1.54, 1.807) is 13.0 Å². The first-order valence-electron chi connectivity index (χ1n) is 6.87. The van der Waals surface area contributed by atoms with Crippen molar-refractivity contribution in [1.29, 1.82) is 0 Å². The van der Waals surface area contributed by atoms with Crippen LogP contribution in [0.2, 0.25) is 0 Å². The van der Waals surface area contributed by atoms with Gasteiger partial charge < -0.3 is 4.74 Å². The van der Waals surface area contributed by atoms with Gasteiger partial charge in [0.1, 0.15) is 0 Å². The van der Waals surface area contributed by atoms with Gasteiger partial charge in [0.05, 0.1) is 6.61 Å². The smallest absolute Gasteiger partial charge is 0.337 e. The lowest BCUT2D eigenvalue weighted by Gasteiger charge is -2.15. The number of carbonyl (C=O) groups is 1. The highest BCUT2D eigenvalue weighted by Crippen LogP contribution is 2.12. The van der Waals surface area contributed by atoms with Crippen LogP contribution in [0.1, 0.15) is 47.0 Å². The number of allylic oxidation sites excluding steroid dienone is 1. The molecule has 0 heterocycles. The molecule has 5 nitrogen and oxygen atoms in total. The molecule has 1 unspecified atom stereocenters.